The molecule has 0 aliphatic carbocycles. The number of hydrogen-bond acceptors (Lipinski definition) is 3. The molecule has 1 heterocycles. The van der Waals surface area contributed by atoms with Crippen LogP contribution in [0.1, 0.15) is 40.5 Å². The standard InChI is InChI=1S/C16H31BFN3/c1-7-12(4)16(11(2)3)20-15(9-17-5)21(6)10-13-8-14(18)19-13/h9,12-14,17,19-20H,7-8,10H2,1-6H3/b15-9-. The van der Waals surface area contributed by atoms with Gasteiger partial charge in [0, 0.05) is 31.8 Å². The van der Waals surface area contributed by atoms with Crippen molar-refractivity contribution in [2.45, 2.75) is 59.7 Å². The van der Waals surface area contributed by atoms with Crippen molar-refractivity contribution in [3.05, 3.63) is 23.1 Å². The van der Waals surface area contributed by atoms with Gasteiger partial charge in [0.2, 0.25) is 0 Å². The molecule has 0 aromatic rings. The smallest absolute Gasteiger partial charge is 0.153 e. The van der Waals surface area contributed by atoms with Crippen LogP contribution in [0.3, 0.4) is 0 Å². The van der Waals surface area contributed by atoms with E-state index >= 15 is 0 Å². The van der Waals surface area contributed by atoms with Crippen molar-refractivity contribution in [1.82, 2.24) is 15.5 Å². The van der Waals surface area contributed by atoms with Crippen LogP contribution in [-0.2, 0) is 0 Å². The van der Waals surface area contributed by atoms with E-state index in [1.807, 2.05) is 0 Å². The van der Waals surface area contributed by atoms with Crippen LogP contribution >= 0.6 is 0 Å². The van der Waals surface area contributed by atoms with Crippen molar-refractivity contribution >= 4 is 7.28 Å². The van der Waals surface area contributed by atoms with E-state index in [4.69, 9.17) is 0 Å². The second-order valence-electron chi connectivity index (χ2n) is 6.29. The largest absolute Gasteiger partial charge is 0.361 e. The monoisotopic (exact) mass is 295 g/mol. The Morgan fingerprint density at radius 3 is 2.57 bits per heavy atom. The van der Waals surface area contributed by atoms with Crippen LogP contribution in [0.25, 0.3) is 0 Å². The normalized spacial score (nSPS) is 23.1. The predicted octanol–water partition coefficient (Wildman–Crippen LogP) is 2.79. The lowest BCUT2D eigenvalue weighted by Crippen LogP contribution is -2.55. The Hall–Kier alpha value is -0.965. The zero-order chi connectivity index (χ0) is 16.0. The van der Waals surface area contributed by atoms with E-state index in [0.29, 0.717) is 12.3 Å². The Labute approximate surface area is 130 Å². The zero-order valence-corrected chi connectivity index (χ0v) is 14.5. The second-order valence-corrected chi connectivity index (χ2v) is 6.29. The number of allylic oxidation sites excluding steroid dienone is 2. The van der Waals surface area contributed by atoms with Crippen LogP contribution in [-0.4, -0.2) is 38.1 Å². The summed E-state index contributed by atoms with van der Waals surface area (Å²) in [7, 11) is 3.05. The first kappa shape index (κ1) is 18.1. The molecule has 5 heteroatoms. The van der Waals surface area contributed by atoms with Crippen LogP contribution in [0.15, 0.2) is 23.1 Å². The summed E-state index contributed by atoms with van der Waals surface area (Å²) in [5, 5.41) is 6.52. The van der Waals surface area contributed by atoms with Gasteiger partial charge in [-0.15, -0.1) is 0 Å². The molecular formula is C16H31BFN3. The summed E-state index contributed by atoms with van der Waals surface area (Å²) in [6, 6.07) is 0.255. The third-order valence-electron chi connectivity index (χ3n) is 4.12. The number of alkyl halides is 1. The Morgan fingerprint density at radius 1 is 1.52 bits per heavy atom. The highest BCUT2D eigenvalue weighted by atomic mass is 19.1. The molecule has 120 valence electrons. The van der Waals surface area contributed by atoms with E-state index in [1.165, 1.54) is 11.3 Å². The lowest BCUT2D eigenvalue weighted by molar-refractivity contribution is 0.106. The highest BCUT2D eigenvalue weighted by molar-refractivity contribution is 6.40. The highest BCUT2D eigenvalue weighted by Gasteiger charge is 2.29. The molecule has 1 aliphatic heterocycles. The van der Waals surface area contributed by atoms with E-state index in [9.17, 15) is 4.39 Å². The first-order chi connectivity index (χ1) is 9.88. The van der Waals surface area contributed by atoms with Gasteiger partial charge >= 0.3 is 0 Å². The van der Waals surface area contributed by atoms with E-state index in [1.54, 1.807) is 0 Å². The molecule has 1 aliphatic rings. The molecule has 3 atom stereocenters. The minimum absolute atomic E-state index is 0.255. The molecule has 0 radical (unpaired) electrons. The maximum atomic E-state index is 12.9. The van der Waals surface area contributed by atoms with Crippen LogP contribution in [0.4, 0.5) is 4.39 Å². The summed E-state index contributed by atoms with van der Waals surface area (Å²) >= 11 is 0. The summed E-state index contributed by atoms with van der Waals surface area (Å²) in [6.45, 7) is 11.7. The van der Waals surface area contributed by atoms with Crippen molar-refractivity contribution in [3.8, 4) is 0 Å². The molecule has 0 spiro atoms. The number of rotatable bonds is 8. The van der Waals surface area contributed by atoms with Crippen LogP contribution < -0.4 is 10.6 Å². The minimum Gasteiger partial charge on any atom is -0.361 e. The van der Waals surface area contributed by atoms with E-state index in [-0.39, 0.29) is 6.04 Å². The van der Waals surface area contributed by atoms with Crippen molar-refractivity contribution in [3.63, 3.8) is 0 Å². The molecule has 3 nitrogen and oxygen atoms in total. The van der Waals surface area contributed by atoms with Gasteiger partial charge in [-0.3, -0.25) is 5.32 Å². The van der Waals surface area contributed by atoms with E-state index in [0.717, 1.165) is 26.1 Å². The van der Waals surface area contributed by atoms with Gasteiger partial charge in [-0.25, -0.2) is 4.39 Å². The zero-order valence-electron chi connectivity index (χ0n) is 14.5. The van der Waals surface area contributed by atoms with Crippen LogP contribution in [0.2, 0.25) is 6.82 Å². The lowest BCUT2D eigenvalue weighted by atomic mass is 9.82. The van der Waals surface area contributed by atoms with Gasteiger partial charge in [-0.1, -0.05) is 32.2 Å². The maximum Gasteiger partial charge on any atom is 0.153 e. The quantitative estimate of drug-likeness (QED) is 0.532. The van der Waals surface area contributed by atoms with Gasteiger partial charge in [0.25, 0.3) is 0 Å². The SMILES string of the molecule is CB/C=C(/NC(=C(C)C)C(C)CC)N(C)CC1CC(F)N1. The first-order valence-electron chi connectivity index (χ1n) is 8.14. The van der Waals surface area contributed by atoms with Gasteiger partial charge < -0.3 is 10.2 Å². The summed E-state index contributed by atoms with van der Waals surface area (Å²) in [6.07, 6.45) is 0.915. The molecule has 2 N–H and O–H groups in total. The average Bonchev–Trinajstić information content (AvgIpc) is 2.40. The molecule has 1 fully saturated rings. The molecular weight excluding hydrogens is 264 g/mol. The molecule has 1 saturated heterocycles. The number of halogens is 1. The Kier molecular flexibility index (Phi) is 7.30. The predicted molar refractivity (Wildman–Crippen MR) is 91.1 cm³/mol. The number of nitrogens with zero attached hydrogens (tertiary/aromatic N) is 1. The molecule has 21 heavy (non-hydrogen) atoms. The Balaban J connectivity index is 2.72. The molecule has 0 aromatic carbocycles. The molecule has 0 bridgehead atoms. The highest BCUT2D eigenvalue weighted by Crippen LogP contribution is 2.19. The maximum absolute atomic E-state index is 12.9. The van der Waals surface area contributed by atoms with Crippen molar-refractivity contribution in [2.24, 2.45) is 5.92 Å². The van der Waals surface area contributed by atoms with Crippen molar-refractivity contribution in [1.29, 1.82) is 0 Å². The number of hydrogen-bond donors (Lipinski definition) is 2. The van der Waals surface area contributed by atoms with Crippen molar-refractivity contribution in [2.75, 3.05) is 13.6 Å². The number of nitrogens with one attached hydrogen (secondary N) is 2. The minimum atomic E-state index is -0.816. The molecule has 0 aromatic heterocycles. The van der Waals surface area contributed by atoms with Crippen LogP contribution in [0, 0.1) is 5.92 Å². The Bertz CT molecular complexity index is 385. The van der Waals surface area contributed by atoms with Gasteiger partial charge in [0.05, 0.1) is 5.82 Å². The summed E-state index contributed by atoms with van der Waals surface area (Å²) in [5.74, 6) is 3.84. The third-order valence-corrected chi connectivity index (χ3v) is 4.12. The summed E-state index contributed by atoms with van der Waals surface area (Å²) < 4.78 is 12.9. The van der Waals surface area contributed by atoms with E-state index in [2.05, 4.69) is 63.1 Å². The number of likely N-dealkylation sites (N-methyl/N-ethyl adjacent to an activating group) is 1. The average molecular weight is 295 g/mol. The van der Waals surface area contributed by atoms with Crippen LogP contribution in [0.5, 0.6) is 0 Å². The molecule has 3 unspecified atom stereocenters. The fourth-order valence-electron chi connectivity index (χ4n) is 2.62. The van der Waals surface area contributed by atoms with Gasteiger partial charge in [-0.05, 0) is 26.2 Å². The summed E-state index contributed by atoms with van der Waals surface area (Å²) in [5.41, 5.74) is 2.62. The van der Waals surface area contributed by atoms with Crippen molar-refractivity contribution < 1.29 is 4.39 Å². The Morgan fingerprint density at radius 2 is 2.14 bits per heavy atom. The molecule has 0 amide bonds. The lowest BCUT2D eigenvalue weighted by Gasteiger charge is -2.37. The second kappa shape index (κ2) is 8.47. The fourth-order valence-corrected chi connectivity index (χ4v) is 2.62. The molecule has 0 saturated carbocycles. The summed E-state index contributed by atoms with van der Waals surface area (Å²) in [4.78, 5) is 2.19. The first-order valence-corrected chi connectivity index (χ1v) is 8.14. The molecule has 1 rings (SSSR count). The van der Waals surface area contributed by atoms with E-state index < -0.39 is 6.30 Å². The topological polar surface area (TPSA) is 27.3 Å². The van der Waals surface area contributed by atoms with Gasteiger partial charge in [0.1, 0.15) is 7.28 Å². The fraction of sp³-hybridized carbons (Fsp3) is 0.750. The third kappa shape index (κ3) is 5.38. The van der Waals surface area contributed by atoms with Gasteiger partial charge in [0.15, 0.2) is 6.30 Å². The van der Waals surface area contributed by atoms with Gasteiger partial charge in [-0.2, -0.15) is 0 Å².